The molecule has 0 N–H and O–H groups in total. The molecule has 0 amide bonds. The van der Waals surface area contributed by atoms with Crippen LogP contribution in [0.15, 0.2) is 24.3 Å². The molecule has 2 aromatic rings. The third-order valence-electron chi connectivity index (χ3n) is 5.09. The summed E-state index contributed by atoms with van der Waals surface area (Å²) < 4.78 is 40.9. The van der Waals surface area contributed by atoms with Gasteiger partial charge in [0.15, 0.2) is 23.1 Å². The Hall–Kier alpha value is -2.10. The minimum Gasteiger partial charge on any atom is -0.491 e. The molecule has 27 heavy (non-hydrogen) atoms. The molecule has 0 aromatic heterocycles. The summed E-state index contributed by atoms with van der Waals surface area (Å²) in [6, 6.07) is 7.02. The lowest BCUT2D eigenvalue weighted by molar-refractivity contribution is 0.290. The Morgan fingerprint density at radius 1 is 0.704 bits per heavy atom. The highest BCUT2D eigenvalue weighted by molar-refractivity contribution is 5.75. The van der Waals surface area contributed by atoms with E-state index in [9.17, 15) is 8.78 Å². The van der Waals surface area contributed by atoms with E-state index in [1.54, 1.807) is 12.1 Å². The van der Waals surface area contributed by atoms with Gasteiger partial charge in [0.25, 0.3) is 0 Å². The molecule has 0 saturated carbocycles. The van der Waals surface area contributed by atoms with E-state index in [1.807, 2.05) is 12.1 Å². The van der Waals surface area contributed by atoms with E-state index >= 15 is 0 Å². The largest absolute Gasteiger partial charge is 0.491 e. The van der Waals surface area contributed by atoms with E-state index < -0.39 is 0 Å². The number of ether oxygens (including phenoxy) is 2. The minimum atomic E-state index is -0.311. The van der Waals surface area contributed by atoms with E-state index in [0.717, 1.165) is 43.2 Å². The molecule has 2 aromatic carbocycles. The molecule has 0 aliphatic heterocycles. The zero-order chi connectivity index (χ0) is 19.2. The van der Waals surface area contributed by atoms with Crippen molar-refractivity contribution in [3.63, 3.8) is 0 Å². The highest BCUT2D eigenvalue weighted by Crippen LogP contribution is 2.40. The highest BCUT2D eigenvalue weighted by atomic mass is 19.1. The number of hydrogen-bond acceptors (Lipinski definition) is 2. The topological polar surface area (TPSA) is 18.5 Å². The second-order valence-corrected chi connectivity index (χ2v) is 7.07. The normalized spacial score (nSPS) is 12.4. The zero-order valence-corrected chi connectivity index (χ0v) is 16.2. The van der Waals surface area contributed by atoms with Crippen LogP contribution in [0.5, 0.6) is 11.5 Å². The fraction of sp³-hybridized carbons (Fsp3) is 0.478. The monoisotopic (exact) mass is 374 g/mol. The quantitative estimate of drug-likeness (QED) is 0.468. The van der Waals surface area contributed by atoms with Gasteiger partial charge < -0.3 is 9.47 Å². The van der Waals surface area contributed by atoms with Gasteiger partial charge in [-0.2, -0.15) is 0 Å². The van der Waals surface area contributed by atoms with E-state index in [1.165, 1.54) is 0 Å². The number of benzene rings is 2. The Morgan fingerprint density at radius 2 is 1.19 bits per heavy atom. The second-order valence-electron chi connectivity index (χ2n) is 7.07. The lowest BCUT2D eigenvalue weighted by atomic mass is 9.84. The van der Waals surface area contributed by atoms with Crippen molar-refractivity contribution in [3.05, 3.63) is 47.0 Å². The summed E-state index contributed by atoms with van der Waals surface area (Å²) in [7, 11) is 0. The fourth-order valence-corrected chi connectivity index (χ4v) is 3.53. The maximum absolute atomic E-state index is 14.9. The predicted octanol–water partition coefficient (Wildman–Crippen LogP) is 6.48. The number of unbranched alkanes of at least 4 members (excludes halogenated alkanes) is 3. The Balaban J connectivity index is 1.84. The van der Waals surface area contributed by atoms with Crippen LogP contribution in [0.4, 0.5) is 8.78 Å². The summed E-state index contributed by atoms with van der Waals surface area (Å²) in [6.45, 7) is 5.22. The van der Waals surface area contributed by atoms with Crippen molar-refractivity contribution < 1.29 is 18.3 Å². The molecule has 4 heteroatoms. The van der Waals surface area contributed by atoms with Crippen molar-refractivity contribution in [3.8, 4) is 22.6 Å². The van der Waals surface area contributed by atoms with E-state index in [0.29, 0.717) is 48.7 Å². The first-order valence-electron chi connectivity index (χ1n) is 10.1. The number of rotatable bonds is 9. The van der Waals surface area contributed by atoms with Gasteiger partial charge in [-0.05, 0) is 60.1 Å². The van der Waals surface area contributed by atoms with Gasteiger partial charge in [0.2, 0.25) is 0 Å². The first-order valence-corrected chi connectivity index (χ1v) is 10.1. The molecule has 146 valence electrons. The number of halogens is 2. The third-order valence-corrected chi connectivity index (χ3v) is 5.09. The molecular formula is C23H28F2O2. The van der Waals surface area contributed by atoms with Gasteiger partial charge in [-0.15, -0.1) is 0 Å². The van der Waals surface area contributed by atoms with Crippen LogP contribution in [-0.4, -0.2) is 13.2 Å². The predicted molar refractivity (Wildman–Crippen MR) is 105 cm³/mol. The highest BCUT2D eigenvalue weighted by Gasteiger charge is 2.25. The van der Waals surface area contributed by atoms with Crippen molar-refractivity contribution in [1.82, 2.24) is 0 Å². The molecule has 0 spiro atoms. The van der Waals surface area contributed by atoms with Crippen LogP contribution in [0.1, 0.15) is 57.1 Å². The molecule has 1 aliphatic rings. The van der Waals surface area contributed by atoms with Gasteiger partial charge in [-0.1, -0.05) is 45.2 Å². The first kappa shape index (κ1) is 19.7. The molecule has 0 heterocycles. The summed E-state index contributed by atoms with van der Waals surface area (Å²) in [5, 5.41) is 0. The molecular weight excluding hydrogens is 346 g/mol. The van der Waals surface area contributed by atoms with E-state index in [-0.39, 0.29) is 11.6 Å². The van der Waals surface area contributed by atoms with Gasteiger partial charge >= 0.3 is 0 Å². The molecule has 0 radical (unpaired) electrons. The van der Waals surface area contributed by atoms with Gasteiger partial charge in [0.1, 0.15) is 0 Å². The molecule has 0 bridgehead atoms. The Bertz CT molecular complexity index is 786. The first-order chi connectivity index (χ1) is 13.2. The SMILES string of the molecule is CCCCCOc1ccc2c(c1F)CCc1c-2ccc(OCCCC)c1F. The molecule has 1 aliphatic carbocycles. The summed E-state index contributed by atoms with van der Waals surface area (Å²) in [4.78, 5) is 0. The van der Waals surface area contributed by atoms with Crippen molar-refractivity contribution in [2.45, 2.75) is 58.8 Å². The molecule has 0 atom stereocenters. The van der Waals surface area contributed by atoms with Crippen molar-refractivity contribution in [2.24, 2.45) is 0 Å². The van der Waals surface area contributed by atoms with Crippen LogP contribution < -0.4 is 9.47 Å². The van der Waals surface area contributed by atoms with Crippen molar-refractivity contribution >= 4 is 0 Å². The van der Waals surface area contributed by atoms with Gasteiger partial charge in [-0.25, -0.2) is 8.78 Å². The third kappa shape index (κ3) is 4.26. The maximum Gasteiger partial charge on any atom is 0.168 e. The summed E-state index contributed by atoms with van der Waals surface area (Å²) in [6.07, 6.45) is 5.92. The van der Waals surface area contributed by atoms with E-state index in [4.69, 9.17) is 9.47 Å². The molecule has 0 fully saturated rings. The molecule has 0 saturated heterocycles. The molecule has 0 unspecified atom stereocenters. The average molecular weight is 374 g/mol. The van der Waals surface area contributed by atoms with Gasteiger partial charge in [0.05, 0.1) is 13.2 Å². The van der Waals surface area contributed by atoms with Crippen molar-refractivity contribution in [2.75, 3.05) is 13.2 Å². The smallest absolute Gasteiger partial charge is 0.168 e. The van der Waals surface area contributed by atoms with Crippen LogP contribution in [0, 0.1) is 11.6 Å². The van der Waals surface area contributed by atoms with Crippen LogP contribution in [0.2, 0.25) is 0 Å². The average Bonchev–Trinajstić information content (AvgIpc) is 2.68. The summed E-state index contributed by atoms with van der Waals surface area (Å²) in [5.74, 6) is -0.0248. The Labute approximate surface area is 160 Å². The Kier molecular flexibility index (Phi) is 6.70. The summed E-state index contributed by atoms with van der Waals surface area (Å²) in [5.41, 5.74) is 2.75. The fourth-order valence-electron chi connectivity index (χ4n) is 3.53. The molecule has 3 rings (SSSR count). The van der Waals surface area contributed by atoms with Gasteiger partial charge in [-0.3, -0.25) is 0 Å². The maximum atomic E-state index is 14.9. The lowest BCUT2D eigenvalue weighted by Crippen LogP contribution is -2.11. The van der Waals surface area contributed by atoms with Crippen LogP contribution >= 0.6 is 0 Å². The summed E-state index contributed by atoms with van der Waals surface area (Å²) >= 11 is 0. The van der Waals surface area contributed by atoms with E-state index in [2.05, 4.69) is 13.8 Å². The van der Waals surface area contributed by atoms with Crippen molar-refractivity contribution in [1.29, 1.82) is 0 Å². The lowest BCUT2D eigenvalue weighted by Gasteiger charge is -2.23. The standard InChI is InChI=1S/C23H28F2O2/c1-3-5-7-15-27-21-13-11-17-16-10-12-20(26-14-6-4-2)22(24)18(16)8-9-19(17)23(21)25/h10-13H,3-9,14-15H2,1-2H3. The number of hydrogen-bond donors (Lipinski definition) is 0. The van der Waals surface area contributed by atoms with Crippen LogP contribution in [0.25, 0.3) is 11.1 Å². The molecule has 2 nitrogen and oxygen atoms in total. The van der Waals surface area contributed by atoms with Crippen LogP contribution in [-0.2, 0) is 12.8 Å². The zero-order valence-electron chi connectivity index (χ0n) is 16.2. The van der Waals surface area contributed by atoms with Gasteiger partial charge in [0, 0.05) is 0 Å². The second kappa shape index (κ2) is 9.20. The van der Waals surface area contributed by atoms with Crippen LogP contribution in [0.3, 0.4) is 0 Å². The minimum absolute atomic E-state index is 0.294. The Morgan fingerprint density at radius 3 is 1.67 bits per heavy atom. The number of fused-ring (bicyclic) bond motifs is 3.